The van der Waals surface area contributed by atoms with Crippen LogP contribution in [-0.2, 0) is 6.42 Å². The van der Waals surface area contributed by atoms with Gasteiger partial charge >= 0.3 is 0 Å². The van der Waals surface area contributed by atoms with Crippen molar-refractivity contribution in [2.75, 3.05) is 6.61 Å². The van der Waals surface area contributed by atoms with Crippen LogP contribution in [0.5, 0.6) is 0 Å². The molecule has 74 valence electrons. The highest BCUT2D eigenvalue weighted by atomic mass is 32.1. The minimum atomic E-state index is 0.258. The van der Waals surface area contributed by atoms with E-state index in [1.165, 1.54) is 0 Å². The van der Waals surface area contributed by atoms with Crippen molar-refractivity contribution in [3.63, 3.8) is 0 Å². The summed E-state index contributed by atoms with van der Waals surface area (Å²) in [4.78, 5) is 4.39. The summed E-state index contributed by atoms with van der Waals surface area (Å²) in [5.41, 5.74) is 1.12. The predicted octanol–water partition coefficient (Wildman–Crippen LogP) is 2.26. The van der Waals surface area contributed by atoms with Crippen LogP contribution < -0.4 is 0 Å². The Hall–Kier alpha value is -0.410. The Bertz CT molecular complexity index is 257. The molecule has 1 unspecified atom stereocenters. The summed E-state index contributed by atoms with van der Waals surface area (Å²) in [5.74, 6) is 0.869. The Kier molecular flexibility index (Phi) is 3.88. The maximum Gasteiger partial charge on any atom is 0.0897 e. The number of rotatable bonds is 4. The van der Waals surface area contributed by atoms with Crippen molar-refractivity contribution in [1.29, 1.82) is 0 Å². The molecule has 0 radical (unpaired) electrons. The average Bonchev–Trinajstić information content (AvgIpc) is 2.46. The zero-order valence-corrected chi connectivity index (χ0v) is 9.27. The normalized spacial score (nSPS) is 13.6. The molecule has 3 heteroatoms. The molecule has 1 heterocycles. The molecule has 0 bridgehead atoms. The second kappa shape index (κ2) is 4.72. The SMILES string of the molecule is Cc1nc(CC(CO)C(C)C)cs1. The van der Waals surface area contributed by atoms with E-state index in [-0.39, 0.29) is 6.61 Å². The molecular formula is C10H17NOS. The molecule has 0 aliphatic rings. The van der Waals surface area contributed by atoms with Crippen LogP contribution in [0.25, 0.3) is 0 Å². The molecule has 1 N–H and O–H groups in total. The first kappa shape index (κ1) is 10.7. The van der Waals surface area contributed by atoms with Gasteiger partial charge in [0.2, 0.25) is 0 Å². The van der Waals surface area contributed by atoms with E-state index in [1.54, 1.807) is 11.3 Å². The van der Waals surface area contributed by atoms with Crippen molar-refractivity contribution in [1.82, 2.24) is 4.98 Å². The van der Waals surface area contributed by atoms with Gasteiger partial charge in [-0.15, -0.1) is 11.3 Å². The van der Waals surface area contributed by atoms with E-state index in [2.05, 4.69) is 24.2 Å². The highest BCUT2D eigenvalue weighted by Gasteiger charge is 2.14. The van der Waals surface area contributed by atoms with Gasteiger partial charge in [0.25, 0.3) is 0 Å². The van der Waals surface area contributed by atoms with Crippen LogP contribution in [0.1, 0.15) is 24.5 Å². The van der Waals surface area contributed by atoms with Gasteiger partial charge in [0.1, 0.15) is 0 Å². The third-order valence-electron chi connectivity index (χ3n) is 2.32. The Balaban J connectivity index is 2.56. The number of hydrogen-bond donors (Lipinski definition) is 1. The predicted molar refractivity (Wildman–Crippen MR) is 56.0 cm³/mol. The Morgan fingerprint density at radius 3 is 2.62 bits per heavy atom. The molecule has 1 aromatic heterocycles. The van der Waals surface area contributed by atoms with Crippen molar-refractivity contribution < 1.29 is 5.11 Å². The van der Waals surface area contributed by atoms with Gasteiger partial charge < -0.3 is 5.11 Å². The number of aryl methyl sites for hydroxylation is 1. The molecule has 0 aliphatic carbocycles. The Morgan fingerprint density at radius 1 is 1.54 bits per heavy atom. The van der Waals surface area contributed by atoms with E-state index in [9.17, 15) is 0 Å². The monoisotopic (exact) mass is 199 g/mol. The van der Waals surface area contributed by atoms with Gasteiger partial charge in [0.15, 0.2) is 0 Å². The van der Waals surface area contributed by atoms with Crippen LogP contribution in [0.2, 0.25) is 0 Å². The molecule has 13 heavy (non-hydrogen) atoms. The molecule has 1 atom stereocenters. The lowest BCUT2D eigenvalue weighted by Crippen LogP contribution is -2.16. The average molecular weight is 199 g/mol. The molecule has 0 saturated heterocycles. The highest BCUT2D eigenvalue weighted by molar-refractivity contribution is 7.09. The maximum atomic E-state index is 9.14. The first-order valence-corrected chi connectivity index (χ1v) is 5.53. The zero-order valence-electron chi connectivity index (χ0n) is 8.45. The molecule has 1 aromatic rings. The summed E-state index contributed by atoms with van der Waals surface area (Å²) in [6.45, 7) is 6.55. The lowest BCUT2D eigenvalue weighted by atomic mass is 9.92. The van der Waals surface area contributed by atoms with E-state index in [0.29, 0.717) is 11.8 Å². The maximum absolute atomic E-state index is 9.14. The lowest BCUT2D eigenvalue weighted by molar-refractivity contribution is 0.188. The fourth-order valence-electron chi connectivity index (χ4n) is 1.28. The van der Waals surface area contributed by atoms with Gasteiger partial charge in [0.05, 0.1) is 10.7 Å². The number of thiazole rings is 1. The van der Waals surface area contributed by atoms with Gasteiger partial charge in [0, 0.05) is 12.0 Å². The minimum absolute atomic E-state index is 0.258. The van der Waals surface area contributed by atoms with Crippen LogP contribution in [0.15, 0.2) is 5.38 Å². The number of hydrogen-bond acceptors (Lipinski definition) is 3. The highest BCUT2D eigenvalue weighted by Crippen LogP contribution is 2.18. The minimum Gasteiger partial charge on any atom is -0.396 e. The fraction of sp³-hybridized carbons (Fsp3) is 0.700. The topological polar surface area (TPSA) is 33.1 Å². The summed E-state index contributed by atoms with van der Waals surface area (Å²) in [6.07, 6.45) is 0.901. The fourth-order valence-corrected chi connectivity index (χ4v) is 1.91. The third-order valence-corrected chi connectivity index (χ3v) is 3.14. The standard InChI is InChI=1S/C10H17NOS/c1-7(2)9(5-12)4-10-6-13-8(3)11-10/h6-7,9,12H,4-5H2,1-3H3. The van der Waals surface area contributed by atoms with Crippen LogP contribution in [0.4, 0.5) is 0 Å². The number of aromatic nitrogens is 1. The Labute approximate surface area is 83.6 Å². The first-order valence-electron chi connectivity index (χ1n) is 4.65. The van der Waals surface area contributed by atoms with Crippen molar-refractivity contribution >= 4 is 11.3 Å². The van der Waals surface area contributed by atoms with Crippen molar-refractivity contribution in [2.24, 2.45) is 11.8 Å². The molecule has 2 nitrogen and oxygen atoms in total. The van der Waals surface area contributed by atoms with Gasteiger partial charge in [-0.25, -0.2) is 4.98 Å². The smallest absolute Gasteiger partial charge is 0.0897 e. The molecule has 0 saturated carbocycles. The second-order valence-electron chi connectivity index (χ2n) is 3.75. The molecular weight excluding hydrogens is 182 g/mol. The van der Waals surface area contributed by atoms with Crippen molar-refractivity contribution in [2.45, 2.75) is 27.2 Å². The Morgan fingerprint density at radius 2 is 2.23 bits per heavy atom. The van der Waals surface area contributed by atoms with Crippen molar-refractivity contribution in [3.05, 3.63) is 16.1 Å². The van der Waals surface area contributed by atoms with E-state index in [4.69, 9.17) is 5.11 Å². The first-order chi connectivity index (χ1) is 6.13. The molecule has 0 amide bonds. The summed E-state index contributed by atoms with van der Waals surface area (Å²) in [6, 6.07) is 0. The zero-order chi connectivity index (χ0) is 9.84. The number of aliphatic hydroxyl groups is 1. The van der Waals surface area contributed by atoms with Gasteiger partial charge in [-0.2, -0.15) is 0 Å². The van der Waals surface area contributed by atoms with E-state index in [1.807, 2.05) is 6.92 Å². The molecule has 0 fully saturated rings. The van der Waals surface area contributed by atoms with E-state index in [0.717, 1.165) is 17.1 Å². The molecule has 0 spiro atoms. The molecule has 1 rings (SSSR count). The summed E-state index contributed by atoms with van der Waals surface area (Å²) < 4.78 is 0. The summed E-state index contributed by atoms with van der Waals surface area (Å²) >= 11 is 1.68. The summed E-state index contributed by atoms with van der Waals surface area (Å²) in [7, 11) is 0. The van der Waals surface area contributed by atoms with Gasteiger partial charge in [-0.3, -0.25) is 0 Å². The van der Waals surface area contributed by atoms with E-state index < -0.39 is 0 Å². The number of nitrogens with zero attached hydrogens (tertiary/aromatic N) is 1. The lowest BCUT2D eigenvalue weighted by Gasteiger charge is -2.16. The second-order valence-corrected chi connectivity index (χ2v) is 4.81. The molecule has 0 aliphatic heterocycles. The largest absolute Gasteiger partial charge is 0.396 e. The van der Waals surface area contributed by atoms with Crippen LogP contribution in [0, 0.1) is 18.8 Å². The van der Waals surface area contributed by atoms with Crippen LogP contribution in [-0.4, -0.2) is 16.7 Å². The molecule has 0 aromatic carbocycles. The van der Waals surface area contributed by atoms with Crippen molar-refractivity contribution in [3.8, 4) is 0 Å². The van der Waals surface area contributed by atoms with Gasteiger partial charge in [-0.05, 0) is 25.2 Å². The van der Waals surface area contributed by atoms with Crippen LogP contribution >= 0.6 is 11.3 Å². The van der Waals surface area contributed by atoms with Crippen LogP contribution in [0.3, 0.4) is 0 Å². The third kappa shape index (κ3) is 3.08. The van der Waals surface area contributed by atoms with Gasteiger partial charge in [-0.1, -0.05) is 13.8 Å². The van der Waals surface area contributed by atoms with E-state index >= 15 is 0 Å². The quantitative estimate of drug-likeness (QED) is 0.807. The number of aliphatic hydroxyl groups excluding tert-OH is 1. The summed E-state index contributed by atoms with van der Waals surface area (Å²) in [5, 5.41) is 12.3.